The Balaban J connectivity index is 1.29. The van der Waals surface area contributed by atoms with Crippen molar-refractivity contribution in [3.63, 3.8) is 0 Å². The van der Waals surface area contributed by atoms with E-state index >= 15 is 0 Å². The zero-order valence-corrected chi connectivity index (χ0v) is 15.9. The average Bonchev–Trinajstić information content (AvgIpc) is 3.25. The first-order valence-corrected chi connectivity index (χ1v) is 9.96. The Hall–Kier alpha value is -2.44. The van der Waals surface area contributed by atoms with Crippen molar-refractivity contribution in [2.45, 2.75) is 44.4 Å². The maximum absolute atomic E-state index is 12.5. The van der Waals surface area contributed by atoms with E-state index in [1.54, 1.807) is 6.20 Å². The van der Waals surface area contributed by atoms with Gasteiger partial charge in [-0.2, -0.15) is 5.10 Å². The molecule has 144 valence electrons. The van der Waals surface area contributed by atoms with E-state index in [1.165, 1.54) is 0 Å². The van der Waals surface area contributed by atoms with Crippen LogP contribution in [0.3, 0.4) is 0 Å². The molecule has 2 aliphatic heterocycles. The van der Waals surface area contributed by atoms with Gasteiger partial charge < -0.3 is 9.80 Å². The summed E-state index contributed by atoms with van der Waals surface area (Å²) in [4.78, 5) is 32.4. The van der Waals surface area contributed by atoms with E-state index in [9.17, 15) is 9.59 Å². The quantitative estimate of drug-likeness (QED) is 0.809. The Morgan fingerprint density at radius 3 is 2.81 bits per heavy atom. The van der Waals surface area contributed by atoms with Crippen molar-refractivity contribution >= 4 is 22.8 Å². The van der Waals surface area contributed by atoms with Crippen LogP contribution in [0.4, 0.5) is 0 Å². The number of fused-ring (bicyclic) bond motifs is 1. The second kappa shape index (κ2) is 7.66. The van der Waals surface area contributed by atoms with E-state index in [4.69, 9.17) is 5.10 Å². The van der Waals surface area contributed by atoms with Gasteiger partial charge in [0, 0.05) is 63.6 Å². The van der Waals surface area contributed by atoms with Crippen LogP contribution in [0, 0.1) is 0 Å². The molecule has 7 nitrogen and oxygen atoms in total. The first-order chi connectivity index (χ1) is 13.1. The highest BCUT2D eigenvalue weighted by Gasteiger charge is 2.27. The molecule has 0 bridgehead atoms. The first kappa shape index (κ1) is 17.9. The molecular weight excluding hydrogens is 342 g/mol. The molecule has 0 aromatic carbocycles. The highest BCUT2D eigenvalue weighted by atomic mass is 16.2. The molecule has 0 spiro atoms. The lowest BCUT2D eigenvalue weighted by molar-refractivity contribution is -0.133. The minimum absolute atomic E-state index is 0.215. The molecule has 0 unspecified atom stereocenters. The molecule has 2 aromatic heterocycles. The third-order valence-electron chi connectivity index (χ3n) is 5.85. The summed E-state index contributed by atoms with van der Waals surface area (Å²) in [5.74, 6) is 0.831. The highest BCUT2D eigenvalue weighted by molar-refractivity contribution is 5.79. The number of amides is 2. The number of pyridine rings is 1. The Morgan fingerprint density at radius 1 is 1.26 bits per heavy atom. The Kier molecular flexibility index (Phi) is 5.09. The molecule has 2 aliphatic rings. The van der Waals surface area contributed by atoms with Crippen molar-refractivity contribution in [2.75, 3.05) is 26.2 Å². The smallest absolute Gasteiger partial charge is 0.222 e. The fraction of sp³-hybridized carbons (Fsp3) is 0.600. The van der Waals surface area contributed by atoms with Crippen LogP contribution in [0.25, 0.3) is 11.0 Å². The predicted molar refractivity (Wildman–Crippen MR) is 102 cm³/mol. The third-order valence-corrected chi connectivity index (χ3v) is 5.85. The second-order valence-electron chi connectivity index (χ2n) is 7.63. The Bertz CT molecular complexity index is 838. The molecule has 0 atom stereocenters. The van der Waals surface area contributed by atoms with Crippen LogP contribution < -0.4 is 0 Å². The summed E-state index contributed by atoms with van der Waals surface area (Å²) in [6, 6.07) is 4.04. The van der Waals surface area contributed by atoms with Crippen LogP contribution in [0.15, 0.2) is 18.3 Å². The van der Waals surface area contributed by atoms with E-state index in [0.717, 1.165) is 62.0 Å². The summed E-state index contributed by atoms with van der Waals surface area (Å²) in [5, 5.41) is 5.82. The zero-order valence-electron chi connectivity index (χ0n) is 15.9. The number of carbonyl (C=O) groups is 2. The number of aryl methyl sites for hydroxylation is 1. The molecule has 7 heteroatoms. The Labute approximate surface area is 159 Å². The van der Waals surface area contributed by atoms with Gasteiger partial charge in [0.25, 0.3) is 0 Å². The van der Waals surface area contributed by atoms with Crippen LogP contribution in [0.2, 0.25) is 0 Å². The van der Waals surface area contributed by atoms with Gasteiger partial charge in [-0.15, -0.1) is 0 Å². The van der Waals surface area contributed by atoms with Gasteiger partial charge in [-0.1, -0.05) is 0 Å². The van der Waals surface area contributed by atoms with Crippen molar-refractivity contribution in [3.8, 4) is 0 Å². The number of hydrogen-bond acceptors (Lipinski definition) is 4. The van der Waals surface area contributed by atoms with Crippen LogP contribution in [-0.2, 0) is 16.6 Å². The number of aromatic nitrogens is 3. The van der Waals surface area contributed by atoms with Gasteiger partial charge >= 0.3 is 0 Å². The molecular formula is C20H27N5O2. The van der Waals surface area contributed by atoms with Gasteiger partial charge in [-0.25, -0.2) is 4.98 Å². The normalized spacial score (nSPS) is 18.6. The fourth-order valence-electron chi connectivity index (χ4n) is 4.34. The number of hydrogen-bond donors (Lipinski definition) is 0. The lowest BCUT2D eigenvalue weighted by atomic mass is 9.92. The van der Waals surface area contributed by atoms with Crippen molar-refractivity contribution in [1.82, 2.24) is 24.6 Å². The summed E-state index contributed by atoms with van der Waals surface area (Å²) in [6.45, 7) is 3.13. The molecule has 4 rings (SSSR count). The highest BCUT2D eigenvalue weighted by Crippen LogP contribution is 2.31. The molecule has 2 amide bonds. The molecule has 27 heavy (non-hydrogen) atoms. The van der Waals surface area contributed by atoms with Crippen LogP contribution in [-0.4, -0.2) is 62.6 Å². The molecule has 2 aromatic rings. The number of piperidine rings is 1. The fourth-order valence-corrected chi connectivity index (χ4v) is 4.34. The van der Waals surface area contributed by atoms with Gasteiger partial charge in [0.2, 0.25) is 11.8 Å². The van der Waals surface area contributed by atoms with Crippen molar-refractivity contribution < 1.29 is 9.59 Å². The van der Waals surface area contributed by atoms with Gasteiger partial charge in [-0.3, -0.25) is 14.3 Å². The molecule has 0 aliphatic carbocycles. The minimum Gasteiger partial charge on any atom is -0.343 e. The van der Waals surface area contributed by atoms with Crippen LogP contribution in [0.1, 0.15) is 50.1 Å². The lowest BCUT2D eigenvalue weighted by Crippen LogP contribution is -2.38. The zero-order chi connectivity index (χ0) is 18.8. The molecule has 0 saturated carbocycles. The van der Waals surface area contributed by atoms with Gasteiger partial charge in [-0.05, 0) is 37.8 Å². The van der Waals surface area contributed by atoms with E-state index in [2.05, 4.69) is 11.1 Å². The first-order valence-electron chi connectivity index (χ1n) is 9.96. The van der Waals surface area contributed by atoms with Gasteiger partial charge in [0.15, 0.2) is 5.65 Å². The summed E-state index contributed by atoms with van der Waals surface area (Å²) in [5.41, 5.74) is 2.03. The summed E-state index contributed by atoms with van der Waals surface area (Å²) in [7, 11) is 1.93. The van der Waals surface area contributed by atoms with Crippen LogP contribution in [0.5, 0.6) is 0 Å². The average molecular weight is 369 g/mol. The molecule has 4 heterocycles. The van der Waals surface area contributed by atoms with Crippen molar-refractivity contribution in [1.29, 1.82) is 0 Å². The largest absolute Gasteiger partial charge is 0.343 e. The number of carbonyl (C=O) groups excluding carboxylic acids is 2. The van der Waals surface area contributed by atoms with Gasteiger partial charge in [0.1, 0.15) is 0 Å². The van der Waals surface area contributed by atoms with E-state index in [1.807, 2.05) is 27.6 Å². The van der Waals surface area contributed by atoms with Crippen molar-refractivity contribution in [3.05, 3.63) is 24.0 Å². The standard InChI is InChI=1S/C20H27N5O2/c1-23-20-16(5-2-10-21-20)19(22-23)15-8-13-25(14-9-15)18(27)7-4-12-24-11-3-6-17(24)26/h2,5,10,15H,3-4,6-9,11-14H2,1H3. The number of rotatable bonds is 5. The number of likely N-dealkylation sites (tertiary alicyclic amines) is 2. The Morgan fingerprint density at radius 2 is 2.07 bits per heavy atom. The second-order valence-corrected chi connectivity index (χ2v) is 7.63. The maximum Gasteiger partial charge on any atom is 0.222 e. The summed E-state index contributed by atoms with van der Waals surface area (Å²) >= 11 is 0. The summed E-state index contributed by atoms with van der Waals surface area (Å²) < 4.78 is 1.85. The maximum atomic E-state index is 12.5. The topological polar surface area (TPSA) is 71.3 Å². The monoisotopic (exact) mass is 369 g/mol. The lowest BCUT2D eigenvalue weighted by Gasteiger charge is -2.31. The van der Waals surface area contributed by atoms with Crippen LogP contribution >= 0.6 is 0 Å². The van der Waals surface area contributed by atoms with Crippen molar-refractivity contribution in [2.24, 2.45) is 7.05 Å². The molecule has 0 radical (unpaired) electrons. The number of nitrogens with zero attached hydrogens (tertiary/aromatic N) is 5. The van der Waals surface area contributed by atoms with E-state index in [0.29, 0.717) is 25.3 Å². The SMILES string of the molecule is Cn1nc(C2CCN(C(=O)CCCN3CCCC3=O)CC2)c2cccnc21. The molecule has 2 saturated heterocycles. The van der Waals surface area contributed by atoms with E-state index in [-0.39, 0.29) is 11.8 Å². The molecule has 0 N–H and O–H groups in total. The predicted octanol–water partition coefficient (Wildman–Crippen LogP) is 2.08. The van der Waals surface area contributed by atoms with E-state index < -0.39 is 0 Å². The summed E-state index contributed by atoms with van der Waals surface area (Å²) in [6.07, 6.45) is 6.60. The van der Waals surface area contributed by atoms with Gasteiger partial charge in [0.05, 0.1) is 5.69 Å². The molecule has 2 fully saturated rings. The minimum atomic E-state index is 0.215. The third kappa shape index (κ3) is 3.68.